The van der Waals surface area contributed by atoms with Gasteiger partial charge in [-0.3, -0.25) is 0 Å². The van der Waals surface area contributed by atoms with Gasteiger partial charge >= 0.3 is 0 Å². The second-order valence-corrected chi connectivity index (χ2v) is 16.4. The lowest BCUT2D eigenvalue weighted by Crippen LogP contribution is -1.64. The van der Waals surface area contributed by atoms with Crippen LogP contribution in [-0.2, 0) is 0 Å². The van der Waals surface area contributed by atoms with Crippen molar-refractivity contribution < 1.29 is 0 Å². The van der Waals surface area contributed by atoms with Gasteiger partial charge in [0.25, 0.3) is 0 Å². The van der Waals surface area contributed by atoms with E-state index in [9.17, 15) is 0 Å². The average molecular weight is 901 g/mol. The summed E-state index contributed by atoms with van der Waals surface area (Å²) in [4.78, 5) is 0. The first kappa shape index (κ1) is 44.8. The first-order valence-electron chi connectivity index (χ1n) is 23.1. The molecule has 324 valence electrons. The minimum Gasteiger partial charge on any atom is -0.0617 e. The van der Waals surface area contributed by atoms with Crippen LogP contribution in [0.5, 0.6) is 0 Å². The standard InChI is InChI=1S/C72H36/c1-2-56-4-3-55(1)37-38-57-5-7-59(8-6-57)41-42-61-13-15-63(16-14-61)45-46-65-21-23-67(24-22-65)49-50-69-29-31-71(32-30-69)53-54-72-35-33-70(34-36-72)52-51-68-27-25-66(26-28-68)48-47-64-19-17-62(18-20-64)44-43-60-11-9-58(10-12-60)40-39-56/h1-36H. The molecule has 0 saturated heterocycles. The molecule has 0 unspecified atom stereocenters. The molecule has 0 saturated carbocycles. The zero-order chi connectivity index (χ0) is 48.6. The quantitative estimate of drug-likeness (QED) is 0.142. The molecule has 0 heterocycles. The lowest BCUT2D eigenvalue weighted by atomic mass is 10.2. The van der Waals surface area contributed by atoms with Crippen LogP contribution in [0.2, 0.25) is 0 Å². The number of benzene rings is 9. The van der Waals surface area contributed by atoms with Gasteiger partial charge in [0.1, 0.15) is 0 Å². The molecule has 0 N–H and O–H groups in total. The van der Waals surface area contributed by atoms with Crippen LogP contribution in [0.4, 0.5) is 0 Å². The summed E-state index contributed by atoms with van der Waals surface area (Å²) in [5.41, 5.74) is 0. The first-order valence-corrected chi connectivity index (χ1v) is 23.1. The molecule has 19 aromatic rings. The summed E-state index contributed by atoms with van der Waals surface area (Å²) in [6, 6.07) is 130. The van der Waals surface area contributed by atoms with Gasteiger partial charge in [-0.15, -0.1) is 0 Å². The van der Waals surface area contributed by atoms with Gasteiger partial charge in [-0.05, 0) is 218 Å². The third-order valence-corrected chi connectivity index (χ3v) is 11.1. The highest BCUT2D eigenvalue weighted by molar-refractivity contribution is 5.69. The Morgan fingerprint density at radius 1 is 0.0833 bits per heavy atom. The third-order valence-electron chi connectivity index (χ3n) is 11.1. The SMILES string of the molecule is c1c2ccc(c#cc3ccc(c#cc4ccc(c#cc5ccc(c#cc6ccc(c#cc7ccc(c#cc8ccc(c#cc9ccc(c#cc%10ccc(c#1)cc%10)cc9)cc8)cc7)cc6)cc5)cc4)cc3)cc2. The minimum atomic E-state index is 0.918. The molecule has 0 aliphatic rings. The zero-order valence-electron chi connectivity index (χ0n) is 38.8. The van der Waals surface area contributed by atoms with E-state index in [1.54, 1.807) is 0 Å². The van der Waals surface area contributed by atoms with Crippen LogP contribution in [0.15, 0.2) is 218 Å². The molecule has 0 atom stereocenters. The molecular weight excluding hydrogens is 865 g/mol. The summed E-state index contributed by atoms with van der Waals surface area (Å²) in [6.45, 7) is 0. The van der Waals surface area contributed by atoms with Gasteiger partial charge in [-0.1, -0.05) is 109 Å². The maximum Gasteiger partial charge on any atom is 0.0249 e. The van der Waals surface area contributed by atoms with E-state index >= 15 is 0 Å². The lowest BCUT2D eigenvalue weighted by Gasteiger charge is -1.86. The van der Waals surface area contributed by atoms with Crippen LogP contribution in [0.1, 0.15) is 0 Å². The average Bonchev–Trinajstić information content (AvgIpc) is 3.44. The molecule has 0 aliphatic heterocycles. The van der Waals surface area contributed by atoms with Crippen molar-refractivity contribution in [3.63, 3.8) is 0 Å². The fourth-order valence-electron chi connectivity index (χ4n) is 7.03. The maximum absolute atomic E-state index is 3.26. The molecule has 19 rings (SSSR count). The van der Waals surface area contributed by atoms with Gasteiger partial charge in [0.05, 0.1) is 0 Å². The van der Waals surface area contributed by atoms with E-state index in [1.807, 2.05) is 218 Å². The Hall–Kier alpha value is -11.0. The van der Waals surface area contributed by atoms with E-state index in [-0.39, 0.29) is 0 Å². The Kier molecular flexibility index (Phi) is 13.8. The fraction of sp³-hybridized carbons (Fsp3) is 0. The summed E-state index contributed by atoms with van der Waals surface area (Å²) in [5, 5.41) is 16.5. The molecule has 18 bridgehead atoms. The van der Waals surface area contributed by atoms with E-state index in [1.165, 1.54) is 0 Å². The van der Waals surface area contributed by atoms with Gasteiger partial charge in [0.2, 0.25) is 0 Å². The Balaban J connectivity index is 0.919. The predicted octanol–water partition coefficient (Wildman–Crippen LogP) is 16.9. The maximum atomic E-state index is 3.26. The Morgan fingerprint density at radius 2 is 0.125 bits per heavy atom. The summed E-state index contributed by atoms with van der Waals surface area (Å²) in [5.74, 6) is 0. The summed E-state index contributed by atoms with van der Waals surface area (Å²) < 4.78 is 0. The number of rotatable bonds is 0. The van der Waals surface area contributed by atoms with Crippen LogP contribution in [-0.4, -0.2) is 0 Å². The molecule has 19 aromatic carbocycles. The van der Waals surface area contributed by atoms with E-state index in [2.05, 4.69) is 109 Å². The molecule has 0 nitrogen and oxygen atoms in total. The molecule has 0 amide bonds. The van der Waals surface area contributed by atoms with Crippen molar-refractivity contribution in [2.24, 2.45) is 0 Å². The number of hydrogen-bond donors (Lipinski definition) is 0. The fourth-order valence-corrected chi connectivity index (χ4v) is 7.03. The highest BCUT2D eigenvalue weighted by Gasteiger charge is 1.88. The molecule has 0 radical (unpaired) electrons. The number of fused-ring (bicyclic) bond motifs is 9. The van der Waals surface area contributed by atoms with Crippen molar-refractivity contribution in [3.05, 3.63) is 328 Å². The van der Waals surface area contributed by atoms with E-state index in [4.69, 9.17) is 0 Å². The van der Waals surface area contributed by atoms with Gasteiger partial charge in [-0.2, -0.15) is 0 Å². The topological polar surface area (TPSA) is 0 Å². The molecule has 0 fully saturated rings. The van der Waals surface area contributed by atoms with Gasteiger partial charge in [-0.25, -0.2) is 0 Å². The van der Waals surface area contributed by atoms with E-state index in [0.717, 1.165) is 97.0 Å². The summed E-state index contributed by atoms with van der Waals surface area (Å²) in [7, 11) is 0. The highest BCUT2D eigenvalue weighted by atomic mass is 13.9. The monoisotopic (exact) mass is 900 g/mol. The molecule has 0 spiro atoms. The first-order chi connectivity index (χ1) is 35.5. The largest absolute Gasteiger partial charge is 0.0617 e. The van der Waals surface area contributed by atoms with Crippen LogP contribution >= 0.6 is 0 Å². The van der Waals surface area contributed by atoms with Crippen LogP contribution in [0.3, 0.4) is 0 Å². The van der Waals surface area contributed by atoms with Gasteiger partial charge in [0, 0.05) is 97.0 Å². The van der Waals surface area contributed by atoms with E-state index in [0.29, 0.717) is 0 Å². The Morgan fingerprint density at radius 3 is 0.167 bits per heavy atom. The zero-order valence-corrected chi connectivity index (χ0v) is 38.8. The van der Waals surface area contributed by atoms with Crippen molar-refractivity contribution in [1.82, 2.24) is 0 Å². The molecule has 0 heteroatoms. The number of hydrogen-bond acceptors (Lipinski definition) is 0. The summed E-state index contributed by atoms with van der Waals surface area (Å²) >= 11 is 0. The van der Waals surface area contributed by atoms with Crippen molar-refractivity contribution >= 4 is 97.0 Å². The van der Waals surface area contributed by atoms with Crippen molar-refractivity contribution in [2.45, 2.75) is 0 Å². The molecule has 72 heavy (non-hydrogen) atoms. The Bertz CT molecular complexity index is 2870. The van der Waals surface area contributed by atoms with Crippen molar-refractivity contribution in [1.29, 1.82) is 0 Å². The predicted molar refractivity (Wildman–Crippen MR) is 295 cm³/mol. The smallest absolute Gasteiger partial charge is 0.0249 e. The molecular formula is C72H36. The lowest BCUT2D eigenvalue weighted by molar-refractivity contribution is 1.79. The van der Waals surface area contributed by atoms with Crippen LogP contribution in [0, 0.1) is 109 Å². The Labute approximate surface area is 422 Å². The third kappa shape index (κ3) is 12.9. The second-order valence-electron chi connectivity index (χ2n) is 16.4. The normalized spacial score (nSPS) is 9.50. The summed E-state index contributed by atoms with van der Waals surface area (Å²) in [6.07, 6.45) is 0. The van der Waals surface area contributed by atoms with Crippen LogP contribution in [0.25, 0.3) is 97.0 Å². The second kappa shape index (κ2) is 22.2. The van der Waals surface area contributed by atoms with Gasteiger partial charge in [0.15, 0.2) is 0 Å². The van der Waals surface area contributed by atoms with Crippen molar-refractivity contribution in [3.8, 4) is 0 Å². The minimum absolute atomic E-state index is 0.918. The molecule has 0 aliphatic carbocycles. The van der Waals surface area contributed by atoms with Crippen LogP contribution < -0.4 is 0 Å². The highest BCUT2D eigenvalue weighted by Crippen LogP contribution is 2.10. The van der Waals surface area contributed by atoms with E-state index < -0.39 is 0 Å². The van der Waals surface area contributed by atoms with Gasteiger partial charge < -0.3 is 0 Å². The molecule has 0 aromatic heterocycles. The van der Waals surface area contributed by atoms with Crippen molar-refractivity contribution in [2.75, 3.05) is 0 Å².